The highest BCUT2D eigenvalue weighted by atomic mass is 32.1. The zero-order valence-electron chi connectivity index (χ0n) is 11.3. The molecule has 0 bridgehead atoms. The van der Waals surface area contributed by atoms with E-state index in [0.29, 0.717) is 6.04 Å². The second-order valence-electron chi connectivity index (χ2n) is 4.99. The highest BCUT2D eigenvalue weighted by molar-refractivity contribution is 7.09. The van der Waals surface area contributed by atoms with E-state index in [1.807, 2.05) is 0 Å². The van der Waals surface area contributed by atoms with Gasteiger partial charge in [-0.1, -0.05) is 29.3 Å². The predicted molar refractivity (Wildman–Crippen MR) is 77.4 cm³/mol. The monoisotopic (exact) mass is 261 g/mol. The fourth-order valence-electron chi connectivity index (χ4n) is 1.98. The lowest BCUT2D eigenvalue weighted by atomic mass is 10.1. The average Bonchev–Trinajstić information content (AvgIpc) is 2.62. The Morgan fingerprint density at radius 1 is 1.17 bits per heavy atom. The number of anilines is 1. The van der Waals surface area contributed by atoms with Crippen LogP contribution in [0.5, 0.6) is 0 Å². The van der Waals surface area contributed by atoms with Crippen molar-refractivity contribution in [1.29, 1.82) is 0 Å². The van der Waals surface area contributed by atoms with Crippen LogP contribution < -0.4 is 5.32 Å². The van der Waals surface area contributed by atoms with Crippen LogP contribution in [0, 0.1) is 13.8 Å². The van der Waals surface area contributed by atoms with Gasteiger partial charge in [0.2, 0.25) is 5.13 Å². The summed E-state index contributed by atoms with van der Waals surface area (Å²) in [5.41, 5.74) is 3.86. The standard InChI is InChI=1S/C14H19N3S/c1-9(2)15-14-16-13(17-18-14)8-12-6-10(3)5-11(4)7-12/h5-7,9H,8H2,1-4H3,(H,15,16,17). The van der Waals surface area contributed by atoms with Crippen molar-refractivity contribution in [1.82, 2.24) is 9.36 Å². The van der Waals surface area contributed by atoms with Gasteiger partial charge in [-0.05, 0) is 33.3 Å². The minimum absolute atomic E-state index is 0.395. The van der Waals surface area contributed by atoms with E-state index < -0.39 is 0 Å². The van der Waals surface area contributed by atoms with E-state index in [9.17, 15) is 0 Å². The van der Waals surface area contributed by atoms with E-state index in [1.54, 1.807) is 0 Å². The smallest absolute Gasteiger partial charge is 0.202 e. The van der Waals surface area contributed by atoms with Crippen molar-refractivity contribution in [3.63, 3.8) is 0 Å². The molecule has 18 heavy (non-hydrogen) atoms. The lowest BCUT2D eigenvalue weighted by Gasteiger charge is -2.04. The van der Waals surface area contributed by atoms with Gasteiger partial charge in [0.15, 0.2) is 0 Å². The SMILES string of the molecule is Cc1cc(C)cc(Cc2nsc(NC(C)C)n2)c1. The van der Waals surface area contributed by atoms with Gasteiger partial charge in [-0.15, -0.1) is 0 Å². The molecule has 0 aliphatic heterocycles. The zero-order chi connectivity index (χ0) is 13.1. The van der Waals surface area contributed by atoms with E-state index >= 15 is 0 Å². The first-order valence-electron chi connectivity index (χ1n) is 6.19. The van der Waals surface area contributed by atoms with Gasteiger partial charge in [-0.3, -0.25) is 0 Å². The van der Waals surface area contributed by atoms with Crippen molar-refractivity contribution in [2.45, 2.75) is 40.2 Å². The lowest BCUT2D eigenvalue weighted by molar-refractivity contribution is 0.892. The Bertz CT molecular complexity index is 511. The number of aryl methyl sites for hydroxylation is 2. The van der Waals surface area contributed by atoms with E-state index in [4.69, 9.17) is 0 Å². The normalized spacial score (nSPS) is 10.9. The third-order valence-corrected chi connectivity index (χ3v) is 3.21. The molecule has 0 unspecified atom stereocenters. The summed E-state index contributed by atoms with van der Waals surface area (Å²) in [7, 11) is 0. The first-order chi connectivity index (χ1) is 8.52. The number of rotatable bonds is 4. The molecular weight excluding hydrogens is 242 g/mol. The Kier molecular flexibility index (Phi) is 3.97. The van der Waals surface area contributed by atoms with Crippen LogP contribution in [0.1, 0.15) is 36.4 Å². The van der Waals surface area contributed by atoms with Crippen LogP contribution in [0.2, 0.25) is 0 Å². The average molecular weight is 261 g/mol. The number of hydrogen-bond donors (Lipinski definition) is 1. The zero-order valence-corrected chi connectivity index (χ0v) is 12.1. The molecule has 1 aromatic carbocycles. The van der Waals surface area contributed by atoms with Crippen LogP contribution in [0.25, 0.3) is 0 Å². The summed E-state index contributed by atoms with van der Waals surface area (Å²) in [5.74, 6) is 0.896. The molecule has 2 aromatic rings. The van der Waals surface area contributed by atoms with Crippen LogP contribution in [0.4, 0.5) is 5.13 Å². The second-order valence-corrected chi connectivity index (χ2v) is 5.74. The topological polar surface area (TPSA) is 37.8 Å². The summed E-state index contributed by atoms with van der Waals surface area (Å²) in [6.07, 6.45) is 0.804. The summed E-state index contributed by atoms with van der Waals surface area (Å²) in [6.45, 7) is 8.45. The quantitative estimate of drug-likeness (QED) is 0.914. The van der Waals surface area contributed by atoms with E-state index in [0.717, 1.165) is 17.4 Å². The fraction of sp³-hybridized carbons (Fsp3) is 0.429. The molecule has 0 spiro atoms. The van der Waals surface area contributed by atoms with Gasteiger partial charge in [-0.2, -0.15) is 4.37 Å². The molecule has 2 rings (SSSR count). The van der Waals surface area contributed by atoms with Gasteiger partial charge >= 0.3 is 0 Å². The molecule has 0 aliphatic rings. The molecule has 1 aromatic heterocycles. The molecule has 0 saturated heterocycles. The molecule has 0 aliphatic carbocycles. The first kappa shape index (κ1) is 13.0. The third-order valence-electron chi connectivity index (χ3n) is 2.52. The Labute approximate surface area is 112 Å². The molecular formula is C14H19N3S. The van der Waals surface area contributed by atoms with Crippen LogP contribution in [0.15, 0.2) is 18.2 Å². The maximum absolute atomic E-state index is 4.50. The van der Waals surface area contributed by atoms with Crippen LogP contribution in [-0.2, 0) is 6.42 Å². The molecule has 3 nitrogen and oxygen atoms in total. The van der Waals surface area contributed by atoms with Gasteiger partial charge < -0.3 is 5.32 Å². The molecule has 0 saturated carbocycles. The third kappa shape index (κ3) is 3.53. The summed E-state index contributed by atoms with van der Waals surface area (Å²) in [5, 5.41) is 4.19. The van der Waals surface area contributed by atoms with Crippen molar-refractivity contribution < 1.29 is 0 Å². The summed E-state index contributed by atoms with van der Waals surface area (Å²) < 4.78 is 4.39. The van der Waals surface area contributed by atoms with Crippen LogP contribution >= 0.6 is 11.5 Å². The Morgan fingerprint density at radius 2 is 1.83 bits per heavy atom. The number of hydrogen-bond acceptors (Lipinski definition) is 4. The molecule has 0 atom stereocenters. The summed E-state index contributed by atoms with van der Waals surface area (Å²) >= 11 is 1.43. The molecule has 4 heteroatoms. The van der Waals surface area contributed by atoms with E-state index in [-0.39, 0.29) is 0 Å². The largest absolute Gasteiger partial charge is 0.358 e. The number of benzene rings is 1. The van der Waals surface area contributed by atoms with Gasteiger partial charge in [0.05, 0.1) is 0 Å². The minimum Gasteiger partial charge on any atom is -0.358 e. The van der Waals surface area contributed by atoms with Crippen molar-refractivity contribution in [3.8, 4) is 0 Å². The van der Waals surface area contributed by atoms with Crippen molar-refractivity contribution in [2.24, 2.45) is 0 Å². The Balaban J connectivity index is 2.11. The molecule has 0 radical (unpaired) electrons. The lowest BCUT2D eigenvalue weighted by Crippen LogP contribution is -2.09. The summed E-state index contributed by atoms with van der Waals surface area (Å²) in [4.78, 5) is 4.50. The van der Waals surface area contributed by atoms with Crippen molar-refractivity contribution in [3.05, 3.63) is 40.7 Å². The highest BCUT2D eigenvalue weighted by Gasteiger charge is 2.06. The van der Waals surface area contributed by atoms with Crippen molar-refractivity contribution in [2.75, 3.05) is 5.32 Å². The van der Waals surface area contributed by atoms with Crippen LogP contribution in [-0.4, -0.2) is 15.4 Å². The second kappa shape index (κ2) is 5.48. The predicted octanol–water partition coefficient (Wildman–Crippen LogP) is 3.57. The molecule has 0 amide bonds. The maximum Gasteiger partial charge on any atom is 0.202 e. The molecule has 0 fully saturated rings. The Morgan fingerprint density at radius 3 is 2.44 bits per heavy atom. The minimum atomic E-state index is 0.395. The van der Waals surface area contributed by atoms with E-state index in [1.165, 1.54) is 28.2 Å². The summed E-state index contributed by atoms with van der Waals surface area (Å²) in [6, 6.07) is 6.98. The van der Waals surface area contributed by atoms with Gasteiger partial charge in [0.25, 0.3) is 0 Å². The van der Waals surface area contributed by atoms with Gasteiger partial charge in [-0.25, -0.2) is 4.98 Å². The molecule has 96 valence electrons. The number of nitrogens with zero attached hydrogens (tertiary/aromatic N) is 2. The molecule has 1 heterocycles. The van der Waals surface area contributed by atoms with E-state index in [2.05, 4.69) is 60.6 Å². The van der Waals surface area contributed by atoms with Crippen LogP contribution in [0.3, 0.4) is 0 Å². The Hall–Kier alpha value is -1.42. The number of aromatic nitrogens is 2. The highest BCUT2D eigenvalue weighted by Crippen LogP contribution is 2.16. The maximum atomic E-state index is 4.50. The number of nitrogens with one attached hydrogen (secondary N) is 1. The van der Waals surface area contributed by atoms with Crippen molar-refractivity contribution >= 4 is 16.7 Å². The fourth-order valence-corrected chi connectivity index (χ4v) is 2.72. The first-order valence-corrected chi connectivity index (χ1v) is 6.96. The van der Waals surface area contributed by atoms with Gasteiger partial charge in [0.1, 0.15) is 5.82 Å². The molecule has 1 N–H and O–H groups in total. The van der Waals surface area contributed by atoms with Gasteiger partial charge in [0, 0.05) is 24.0 Å².